The lowest BCUT2D eigenvalue weighted by Gasteiger charge is -2.09. The largest absolute Gasteiger partial charge is 0.481 e. The zero-order chi connectivity index (χ0) is 12.8. The predicted molar refractivity (Wildman–Crippen MR) is 67.2 cm³/mol. The van der Waals surface area contributed by atoms with Gasteiger partial charge in [0, 0.05) is 13.0 Å². The first kappa shape index (κ1) is 14.0. The van der Waals surface area contributed by atoms with Crippen molar-refractivity contribution >= 4 is 17.7 Å². The summed E-state index contributed by atoms with van der Waals surface area (Å²) in [6.07, 6.45) is 1.87. The van der Waals surface area contributed by atoms with Gasteiger partial charge < -0.3 is 9.67 Å². The number of nitrogens with zero attached hydrogens (tertiary/aromatic N) is 3. The highest BCUT2D eigenvalue weighted by Gasteiger charge is 2.14. The van der Waals surface area contributed by atoms with Crippen LogP contribution in [0, 0.1) is 5.92 Å². The molecule has 5 nitrogen and oxygen atoms in total. The second-order valence-electron chi connectivity index (χ2n) is 4.33. The third-order valence-electron chi connectivity index (χ3n) is 2.16. The molecule has 0 aliphatic carbocycles. The molecule has 0 amide bonds. The van der Waals surface area contributed by atoms with Crippen LogP contribution >= 0.6 is 11.8 Å². The molecule has 1 heterocycles. The summed E-state index contributed by atoms with van der Waals surface area (Å²) in [6.45, 7) is 7.20. The van der Waals surface area contributed by atoms with Gasteiger partial charge in [-0.05, 0) is 12.3 Å². The lowest BCUT2D eigenvalue weighted by atomic mass is 10.1. The van der Waals surface area contributed by atoms with Gasteiger partial charge in [0.2, 0.25) is 0 Å². The molecule has 6 heteroatoms. The van der Waals surface area contributed by atoms with E-state index in [0.717, 1.165) is 25.2 Å². The number of hydrogen-bond acceptors (Lipinski definition) is 4. The first-order chi connectivity index (χ1) is 8.04. The summed E-state index contributed by atoms with van der Waals surface area (Å²) in [5.41, 5.74) is 0. The van der Waals surface area contributed by atoms with Crippen molar-refractivity contribution in [2.24, 2.45) is 5.92 Å². The highest BCUT2D eigenvalue weighted by Crippen LogP contribution is 2.18. The molecule has 0 unspecified atom stereocenters. The molecule has 0 aliphatic heterocycles. The van der Waals surface area contributed by atoms with Gasteiger partial charge in [0.15, 0.2) is 5.16 Å². The van der Waals surface area contributed by atoms with Crippen molar-refractivity contribution in [2.75, 3.05) is 5.75 Å². The molecular formula is C11H19N3O2S. The minimum absolute atomic E-state index is 0.0313. The quantitative estimate of drug-likeness (QED) is 0.757. The molecule has 0 saturated heterocycles. The maximum Gasteiger partial charge on any atom is 0.313 e. The molecule has 0 fully saturated rings. The summed E-state index contributed by atoms with van der Waals surface area (Å²) in [4.78, 5) is 10.5. The van der Waals surface area contributed by atoms with Crippen LogP contribution < -0.4 is 0 Å². The molecule has 0 radical (unpaired) electrons. The van der Waals surface area contributed by atoms with Crippen molar-refractivity contribution in [3.8, 4) is 0 Å². The topological polar surface area (TPSA) is 68.0 Å². The third kappa shape index (κ3) is 4.38. The lowest BCUT2D eigenvalue weighted by molar-refractivity contribution is -0.133. The smallest absolute Gasteiger partial charge is 0.313 e. The Morgan fingerprint density at radius 1 is 1.47 bits per heavy atom. The summed E-state index contributed by atoms with van der Waals surface area (Å²) in [5, 5.41) is 17.6. The standard InChI is InChI=1S/C11H19N3O2S/c1-4-5-14-9(6-8(2)3)12-13-11(14)17-7-10(15)16/h8H,4-7H2,1-3H3,(H,15,16). The van der Waals surface area contributed by atoms with E-state index < -0.39 is 5.97 Å². The van der Waals surface area contributed by atoms with Crippen LogP contribution in [0.2, 0.25) is 0 Å². The number of carboxylic acid groups (broad SMARTS) is 1. The minimum atomic E-state index is -0.827. The van der Waals surface area contributed by atoms with Crippen molar-refractivity contribution < 1.29 is 9.90 Å². The average Bonchev–Trinajstić information content (AvgIpc) is 2.58. The molecule has 0 aliphatic rings. The number of thioether (sulfide) groups is 1. The van der Waals surface area contributed by atoms with Gasteiger partial charge in [0.25, 0.3) is 0 Å². The highest BCUT2D eigenvalue weighted by molar-refractivity contribution is 7.99. The summed E-state index contributed by atoms with van der Waals surface area (Å²) in [6, 6.07) is 0. The van der Waals surface area contributed by atoms with Gasteiger partial charge in [0.1, 0.15) is 5.82 Å². The molecule has 0 atom stereocenters. The van der Waals surface area contributed by atoms with Crippen LogP contribution in [-0.4, -0.2) is 31.6 Å². The van der Waals surface area contributed by atoms with Crippen molar-refractivity contribution in [2.45, 2.75) is 45.3 Å². The van der Waals surface area contributed by atoms with E-state index in [1.807, 2.05) is 4.57 Å². The molecule has 0 aromatic carbocycles. The van der Waals surface area contributed by atoms with E-state index in [9.17, 15) is 4.79 Å². The summed E-state index contributed by atoms with van der Waals surface area (Å²) >= 11 is 1.23. The Morgan fingerprint density at radius 3 is 2.71 bits per heavy atom. The number of carbonyl (C=O) groups is 1. The van der Waals surface area contributed by atoms with Crippen LogP contribution in [0.4, 0.5) is 0 Å². The average molecular weight is 257 g/mol. The second kappa shape index (κ2) is 6.64. The SMILES string of the molecule is CCCn1c(CC(C)C)nnc1SCC(=O)O. The van der Waals surface area contributed by atoms with Crippen LogP contribution in [0.15, 0.2) is 5.16 Å². The van der Waals surface area contributed by atoms with Crippen LogP contribution in [0.3, 0.4) is 0 Å². The Morgan fingerprint density at radius 2 is 2.18 bits per heavy atom. The Bertz CT molecular complexity index is 377. The monoisotopic (exact) mass is 257 g/mol. The van der Waals surface area contributed by atoms with Crippen LogP contribution in [0.25, 0.3) is 0 Å². The first-order valence-corrected chi connectivity index (χ1v) is 6.79. The Kier molecular flexibility index (Phi) is 5.47. The predicted octanol–water partition coefficient (Wildman–Crippen LogP) is 2.06. The van der Waals surface area contributed by atoms with E-state index in [1.165, 1.54) is 11.8 Å². The van der Waals surface area contributed by atoms with E-state index in [2.05, 4.69) is 31.0 Å². The van der Waals surface area contributed by atoms with E-state index >= 15 is 0 Å². The Hall–Kier alpha value is -1.04. The van der Waals surface area contributed by atoms with Crippen molar-refractivity contribution in [3.63, 3.8) is 0 Å². The molecule has 1 N–H and O–H groups in total. The lowest BCUT2D eigenvalue weighted by Crippen LogP contribution is -2.08. The summed E-state index contributed by atoms with van der Waals surface area (Å²) < 4.78 is 2.04. The van der Waals surface area contributed by atoms with Gasteiger partial charge in [0.05, 0.1) is 5.75 Å². The fourth-order valence-electron chi connectivity index (χ4n) is 1.52. The van der Waals surface area contributed by atoms with Gasteiger partial charge in [-0.2, -0.15) is 0 Å². The summed E-state index contributed by atoms with van der Waals surface area (Å²) in [5.74, 6) is 0.678. The van der Waals surface area contributed by atoms with Crippen molar-refractivity contribution in [1.29, 1.82) is 0 Å². The van der Waals surface area contributed by atoms with E-state index in [0.29, 0.717) is 11.1 Å². The van der Waals surface area contributed by atoms with Crippen molar-refractivity contribution in [3.05, 3.63) is 5.82 Å². The fourth-order valence-corrected chi connectivity index (χ4v) is 2.22. The van der Waals surface area contributed by atoms with E-state index in [-0.39, 0.29) is 5.75 Å². The maximum atomic E-state index is 10.5. The molecule has 17 heavy (non-hydrogen) atoms. The third-order valence-corrected chi connectivity index (χ3v) is 3.11. The number of carboxylic acids is 1. The van der Waals surface area contributed by atoms with Crippen LogP contribution in [0.1, 0.15) is 33.0 Å². The zero-order valence-electron chi connectivity index (χ0n) is 10.5. The number of aliphatic carboxylic acids is 1. The molecule has 1 rings (SSSR count). The van der Waals surface area contributed by atoms with Crippen LogP contribution in [-0.2, 0) is 17.8 Å². The molecule has 0 saturated carbocycles. The molecule has 1 aromatic rings. The first-order valence-electron chi connectivity index (χ1n) is 5.81. The summed E-state index contributed by atoms with van der Waals surface area (Å²) in [7, 11) is 0. The van der Waals surface area contributed by atoms with Crippen LogP contribution in [0.5, 0.6) is 0 Å². The van der Waals surface area contributed by atoms with E-state index in [1.54, 1.807) is 0 Å². The molecule has 0 spiro atoms. The number of rotatable bonds is 7. The van der Waals surface area contributed by atoms with Gasteiger partial charge >= 0.3 is 5.97 Å². The molecular weight excluding hydrogens is 238 g/mol. The molecule has 0 bridgehead atoms. The maximum absolute atomic E-state index is 10.5. The number of aromatic nitrogens is 3. The Labute approximate surface area is 106 Å². The van der Waals surface area contributed by atoms with Crippen molar-refractivity contribution in [1.82, 2.24) is 14.8 Å². The molecule has 96 valence electrons. The number of hydrogen-bond donors (Lipinski definition) is 1. The van der Waals surface area contributed by atoms with Gasteiger partial charge in [-0.15, -0.1) is 10.2 Å². The Balaban J connectivity index is 2.81. The highest BCUT2D eigenvalue weighted by atomic mass is 32.2. The van der Waals surface area contributed by atoms with Gasteiger partial charge in [-0.25, -0.2) is 0 Å². The van der Waals surface area contributed by atoms with Gasteiger partial charge in [-0.1, -0.05) is 32.5 Å². The van der Waals surface area contributed by atoms with Gasteiger partial charge in [-0.3, -0.25) is 4.79 Å². The minimum Gasteiger partial charge on any atom is -0.481 e. The zero-order valence-corrected chi connectivity index (χ0v) is 11.3. The fraction of sp³-hybridized carbons (Fsp3) is 0.727. The second-order valence-corrected chi connectivity index (χ2v) is 5.27. The molecule has 1 aromatic heterocycles. The van der Waals surface area contributed by atoms with E-state index in [4.69, 9.17) is 5.11 Å². The normalized spacial score (nSPS) is 11.1.